The average molecular weight is 459 g/mol. The first-order valence-corrected chi connectivity index (χ1v) is 9.21. The minimum atomic E-state index is -0.595. The van der Waals surface area contributed by atoms with Crippen LogP contribution in [0.4, 0.5) is 0 Å². The molecule has 140 valence electrons. The van der Waals surface area contributed by atoms with Gasteiger partial charge in [-0.1, -0.05) is 39.7 Å². The average Bonchev–Trinajstić information content (AvgIpc) is 2.70. The number of halogens is 2. The Kier molecular flexibility index (Phi) is 6.52. The molecule has 0 saturated carbocycles. The number of esters is 1. The lowest BCUT2D eigenvalue weighted by Crippen LogP contribution is -2.17. The van der Waals surface area contributed by atoms with Crippen LogP contribution in [-0.2, 0) is 0 Å². The van der Waals surface area contributed by atoms with Gasteiger partial charge in [0.1, 0.15) is 5.75 Å². The number of carbonyl (C=O) groups excluding carboxylic acids is 2. The standard InChI is InChI=1S/C20H13BrClN3O3/c21-15-7-8-18(28-20(27)16-5-1-2-6-17(16)22)14(10-15)12-24-25-19(26)13-4-3-9-23-11-13/h1-12H,(H,25,26)/b24-12+. The molecule has 0 unspecified atom stereocenters. The molecule has 0 aliphatic carbocycles. The molecule has 1 N–H and O–H groups in total. The molecule has 6 nitrogen and oxygen atoms in total. The fourth-order valence-electron chi connectivity index (χ4n) is 2.22. The highest BCUT2D eigenvalue weighted by molar-refractivity contribution is 9.10. The van der Waals surface area contributed by atoms with Gasteiger partial charge in [-0.15, -0.1) is 0 Å². The van der Waals surface area contributed by atoms with Gasteiger partial charge in [0.2, 0.25) is 0 Å². The predicted octanol–water partition coefficient (Wildman–Crippen LogP) is 4.48. The third-order valence-corrected chi connectivity index (χ3v) is 4.38. The van der Waals surface area contributed by atoms with Gasteiger partial charge in [0.25, 0.3) is 5.91 Å². The number of hydrazone groups is 1. The Hall–Kier alpha value is -3.03. The van der Waals surface area contributed by atoms with Crippen LogP contribution in [0.5, 0.6) is 5.75 Å². The van der Waals surface area contributed by atoms with Gasteiger partial charge < -0.3 is 4.74 Å². The molecular weight excluding hydrogens is 446 g/mol. The quantitative estimate of drug-likeness (QED) is 0.264. The highest BCUT2D eigenvalue weighted by Crippen LogP contribution is 2.24. The van der Waals surface area contributed by atoms with E-state index in [0.29, 0.717) is 16.1 Å². The van der Waals surface area contributed by atoms with Crippen molar-refractivity contribution in [1.82, 2.24) is 10.4 Å². The first kappa shape index (κ1) is 19.7. The van der Waals surface area contributed by atoms with Crippen LogP contribution < -0.4 is 10.2 Å². The second-order valence-electron chi connectivity index (χ2n) is 5.49. The number of hydrogen-bond acceptors (Lipinski definition) is 5. The molecule has 28 heavy (non-hydrogen) atoms. The fraction of sp³-hybridized carbons (Fsp3) is 0. The van der Waals surface area contributed by atoms with Crippen LogP contribution in [0, 0.1) is 0 Å². The van der Waals surface area contributed by atoms with E-state index in [1.54, 1.807) is 60.8 Å². The predicted molar refractivity (Wildman–Crippen MR) is 110 cm³/mol. The molecule has 0 aliphatic rings. The SMILES string of the molecule is O=C(N/N=C/c1cc(Br)ccc1OC(=O)c1ccccc1Cl)c1cccnc1. The lowest BCUT2D eigenvalue weighted by molar-refractivity contribution is 0.0734. The molecule has 0 spiro atoms. The minimum absolute atomic E-state index is 0.250. The Morgan fingerprint density at radius 2 is 1.96 bits per heavy atom. The van der Waals surface area contributed by atoms with Crippen molar-refractivity contribution in [2.45, 2.75) is 0 Å². The third kappa shape index (κ3) is 5.03. The molecule has 1 heterocycles. The van der Waals surface area contributed by atoms with Crippen molar-refractivity contribution in [2.75, 3.05) is 0 Å². The largest absolute Gasteiger partial charge is 0.422 e. The summed E-state index contributed by atoms with van der Waals surface area (Å²) in [7, 11) is 0. The van der Waals surface area contributed by atoms with E-state index in [1.165, 1.54) is 12.4 Å². The molecule has 0 radical (unpaired) electrons. The van der Waals surface area contributed by atoms with Gasteiger partial charge in [0.15, 0.2) is 0 Å². The van der Waals surface area contributed by atoms with E-state index in [0.717, 1.165) is 4.47 Å². The number of hydrogen-bond donors (Lipinski definition) is 1. The van der Waals surface area contributed by atoms with Crippen molar-refractivity contribution in [3.8, 4) is 5.75 Å². The van der Waals surface area contributed by atoms with Gasteiger partial charge in [-0.05, 0) is 42.5 Å². The normalized spacial score (nSPS) is 10.6. The topological polar surface area (TPSA) is 80.6 Å². The van der Waals surface area contributed by atoms with Gasteiger partial charge >= 0.3 is 5.97 Å². The highest BCUT2D eigenvalue weighted by Gasteiger charge is 2.14. The van der Waals surface area contributed by atoms with Crippen molar-refractivity contribution in [1.29, 1.82) is 0 Å². The van der Waals surface area contributed by atoms with Crippen LogP contribution in [0.2, 0.25) is 5.02 Å². The summed E-state index contributed by atoms with van der Waals surface area (Å²) < 4.78 is 6.21. The van der Waals surface area contributed by atoms with Gasteiger partial charge in [0, 0.05) is 22.4 Å². The number of ether oxygens (including phenoxy) is 1. The van der Waals surface area contributed by atoms with Crippen LogP contribution in [0.15, 0.2) is 76.6 Å². The van der Waals surface area contributed by atoms with Gasteiger partial charge in [-0.25, -0.2) is 10.2 Å². The number of pyridine rings is 1. The van der Waals surface area contributed by atoms with Gasteiger partial charge in [-0.3, -0.25) is 9.78 Å². The highest BCUT2D eigenvalue weighted by atomic mass is 79.9. The molecule has 1 amide bonds. The smallest absolute Gasteiger partial charge is 0.345 e. The Balaban J connectivity index is 1.76. The van der Waals surface area contributed by atoms with Crippen molar-refractivity contribution >= 4 is 45.6 Å². The molecule has 0 atom stereocenters. The number of nitrogens with zero attached hydrogens (tertiary/aromatic N) is 2. The number of aromatic nitrogens is 1. The van der Waals surface area contributed by atoms with E-state index >= 15 is 0 Å². The van der Waals surface area contributed by atoms with Crippen LogP contribution in [0.3, 0.4) is 0 Å². The van der Waals surface area contributed by atoms with E-state index in [1.807, 2.05) is 0 Å². The van der Waals surface area contributed by atoms with Crippen LogP contribution in [0.1, 0.15) is 26.3 Å². The fourth-order valence-corrected chi connectivity index (χ4v) is 2.81. The number of rotatable bonds is 5. The lowest BCUT2D eigenvalue weighted by Gasteiger charge is -2.09. The van der Waals surface area contributed by atoms with Crippen molar-refractivity contribution in [3.63, 3.8) is 0 Å². The Morgan fingerprint density at radius 3 is 2.71 bits per heavy atom. The van der Waals surface area contributed by atoms with E-state index in [9.17, 15) is 9.59 Å². The van der Waals surface area contributed by atoms with E-state index < -0.39 is 11.9 Å². The molecular formula is C20H13BrClN3O3. The van der Waals surface area contributed by atoms with Crippen molar-refractivity contribution < 1.29 is 14.3 Å². The summed E-state index contributed by atoms with van der Waals surface area (Å²) in [5, 5.41) is 4.22. The monoisotopic (exact) mass is 457 g/mol. The first-order chi connectivity index (χ1) is 13.5. The van der Waals surface area contributed by atoms with Crippen molar-refractivity contribution in [2.24, 2.45) is 5.10 Å². The Bertz CT molecular complexity index is 1040. The third-order valence-electron chi connectivity index (χ3n) is 3.56. The zero-order chi connectivity index (χ0) is 19.9. The molecule has 2 aromatic carbocycles. The summed E-state index contributed by atoms with van der Waals surface area (Å²) in [5.41, 5.74) is 3.51. The lowest BCUT2D eigenvalue weighted by atomic mass is 10.2. The Morgan fingerprint density at radius 1 is 1.14 bits per heavy atom. The summed E-state index contributed by atoms with van der Waals surface area (Å²) in [5.74, 6) is -0.733. The summed E-state index contributed by atoms with van der Waals surface area (Å²) in [4.78, 5) is 28.3. The summed E-state index contributed by atoms with van der Waals surface area (Å²) in [6.45, 7) is 0. The molecule has 1 aromatic heterocycles. The maximum Gasteiger partial charge on any atom is 0.345 e. The summed E-state index contributed by atoms with van der Waals surface area (Å²) in [6.07, 6.45) is 4.39. The number of amides is 1. The molecule has 0 saturated heterocycles. The van der Waals surface area contributed by atoms with E-state index in [-0.39, 0.29) is 11.3 Å². The van der Waals surface area contributed by atoms with Crippen molar-refractivity contribution in [3.05, 3.63) is 93.2 Å². The Labute approximate surface area is 174 Å². The summed E-state index contributed by atoms with van der Waals surface area (Å²) >= 11 is 9.40. The first-order valence-electron chi connectivity index (χ1n) is 8.04. The number of nitrogens with one attached hydrogen (secondary N) is 1. The second kappa shape index (κ2) is 9.25. The number of carbonyl (C=O) groups is 2. The molecule has 0 fully saturated rings. The molecule has 3 rings (SSSR count). The molecule has 0 bridgehead atoms. The zero-order valence-corrected chi connectivity index (χ0v) is 16.6. The van der Waals surface area contributed by atoms with Crippen LogP contribution >= 0.6 is 27.5 Å². The summed E-state index contributed by atoms with van der Waals surface area (Å²) in [6, 6.07) is 14.9. The van der Waals surface area contributed by atoms with Gasteiger partial charge in [-0.2, -0.15) is 5.10 Å². The second-order valence-corrected chi connectivity index (χ2v) is 6.82. The maximum atomic E-state index is 12.4. The van der Waals surface area contributed by atoms with Crippen LogP contribution in [0.25, 0.3) is 0 Å². The minimum Gasteiger partial charge on any atom is -0.422 e. The van der Waals surface area contributed by atoms with E-state index in [4.69, 9.17) is 16.3 Å². The number of benzene rings is 2. The molecule has 3 aromatic rings. The van der Waals surface area contributed by atoms with Crippen LogP contribution in [-0.4, -0.2) is 23.1 Å². The molecule has 8 heteroatoms. The van der Waals surface area contributed by atoms with Gasteiger partial charge in [0.05, 0.1) is 22.4 Å². The maximum absolute atomic E-state index is 12.4. The zero-order valence-electron chi connectivity index (χ0n) is 14.3. The van der Waals surface area contributed by atoms with E-state index in [2.05, 4.69) is 31.4 Å². The molecule has 0 aliphatic heterocycles.